The van der Waals surface area contributed by atoms with E-state index >= 15 is 0 Å². The van der Waals surface area contributed by atoms with E-state index in [0.29, 0.717) is 19.1 Å². The number of halogens is 1. The van der Waals surface area contributed by atoms with Crippen molar-refractivity contribution in [3.05, 3.63) is 64.6 Å². The Labute approximate surface area is 181 Å². The number of hydrogen-bond acceptors (Lipinski definition) is 4. The Morgan fingerprint density at radius 3 is 2.66 bits per heavy atom. The number of nitrogens with one attached hydrogen (secondary N) is 1. The number of benzene rings is 2. The molecule has 2 aliphatic heterocycles. The molecule has 0 aliphatic carbocycles. The van der Waals surface area contributed by atoms with Crippen molar-refractivity contribution in [1.29, 1.82) is 0 Å². The minimum atomic E-state index is 0.0268. The Kier molecular flexibility index (Phi) is 6.85. The predicted octanol–water partition coefficient (Wildman–Crippen LogP) is 3.47. The van der Waals surface area contributed by atoms with Crippen LogP contribution in [0.4, 0.5) is 5.69 Å². The first-order valence-corrected chi connectivity index (χ1v) is 11.1. The second-order valence-corrected chi connectivity index (χ2v) is 8.80. The van der Waals surface area contributed by atoms with E-state index < -0.39 is 0 Å². The van der Waals surface area contributed by atoms with Crippen molar-refractivity contribution < 1.29 is 9.53 Å². The number of amides is 1. The molecule has 1 amide bonds. The zero-order valence-electron chi connectivity index (χ0n) is 16.6. The highest BCUT2D eigenvalue weighted by Crippen LogP contribution is 2.24. The fourth-order valence-electron chi connectivity index (χ4n) is 4.11. The van der Waals surface area contributed by atoms with Gasteiger partial charge in [0, 0.05) is 42.9 Å². The molecule has 2 atom stereocenters. The average Bonchev–Trinajstić information content (AvgIpc) is 3.23. The van der Waals surface area contributed by atoms with Gasteiger partial charge in [-0.15, -0.1) is 0 Å². The van der Waals surface area contributed by atoms with Crippen molar-refractivity contribution >= 4 is 27.5 Å². The largest absolute Gasteiger partial charge is 0.371 e. The fraction of sp³-hybridized carbons (Fsp3) is 0.435. The molecule has 0 aromatic heterocycles. The zero-order chi connectivity index (χ0) is 20.1. The first-order chi connectivity index (χ1) is 14.2. The van der Waals surface area contributed by atoms with Gasteiger partial charge in [-0.3, -0.25) is 9.69 Å². The van der Waals surface area contributed by atoms with Crippen LogP contribution in [0.2, 0.25) is 0 Å². The molecular formula is C23H28BrN3O2. The monoisotopic (exact) mass is 457 g/mol. The van der Waals surface area contributed by atoms with E-state index in [9.17, 15) is 4.79 Å². The standard InChI is InChI=1S/C23H28BrN3O2/c24-20-8-6-19(7-9-20)22-16-26(12-13-29-22)17-23(28)25-14-18-10-11-27(15-18)21-4-2-1-3-5-21/h1-9,18,22H,10-17H2,(H,25,28). The third-order valence-corrected chi connectivity index (χ3v) is 6.28. The molecule has 0 radical (unpaired) electrons. The summed E-state index contributed by atoms with van der Waals surface area (Å²) >= 11 is 3.47. The van der Waals surface area contributed by atoms with Crippen LogP contribution in [-0.2, 0) is 9.53 Å². The van der Waals surface area contributed by atoms with Gasteiger partial charge in [0.25, 0.3) is 0 Å². The SMILES string of the molecule is O=C(CN1CCOC(c2ccc(Br)cc2)C1)NCC1CCN(c2ccccc2)C1. The van der Waals surface area contributed by atoms with Crippen molar-refractivity contribution in [2.75, 3.05) is 50.8 Å². The summed E-state index contributed by atoms with van der Waals surface area (Å²) in [6.07, 6.45) is 1.15. The number of ether oxygens (including phenoxy) is 1. The quantitative estimate of drug-likeness (QED) is 0.721. The summed E-state index contributed by atoms with van der Waals surface area (Å²) in [7, 11) is 0. The van der Waals surface area contributed by atoms with Crippen LogP contribution in [0.3, 0.4) is 0 Å². The molecule has 154 valence electrons. The van der Waals surface area contributed by atoms with Gasteiger partial charge in [0.1, 0.15) is 0 Å². The predicted molar refractivity (Wildman–Crippen MR) is 119 cm³/mol. The molecule has 1 N–H and O–H groups in total. The van der Waals surface area contributed by atoms with Gasteiger partial charge in [0.15, 0.2) is 0 Å². The van der Waals surface area contributed by atoms with Crippen LogP contribution in [0.15, 0.2) is 59.1 Å². The van der Waals surface area contributed by atoms with Crippen molar-refractivity contribution in [3.8, 4) is 0 Å². The third-order valence-electron chi connectivity index (χ3n) is 5.75. The van der Waals surface area contributed by atoms with E-state index in [1.807, 2.05) is 18.2 Å². The lowest BCUT2D eigenvalue weighted by Crippen LogP contribution is -2.45. The molecule has 2 heterocycles. The number of rotatable bonds is 6. The molecule has 0 spiro atoms. The Morgan fingerprint density at radius 1 is 1.07 bits per heavy atom. The summed E-state index contributed by atoms with van der Waals surface area (Å²) in [6.45, 7) is 5.46. The molecule has 2 aromatic rings. The zero-order valence-corrected chi connectivity index (χ0v) is 18.2. The van der Waals surface area contributed by atoms with Gasteiger partial charge in [-0.25, -0.2) is 0 Å². The maximum absolute atomic E-state index is 12.5. The Hall–Kier alpha value is -1.89. The molecule has 2 saturated heterocycles. The molecule has 0 bridgehead atoms. The van der Waals surface area contributed by atoms with Crippen LogP contribution in [0.25, 0.3) is 0 Å². The first-order valence-electron chi connectivity index (χ1n) is 10.3. The van der Waals surface area contributed by atoms with E-state index in [4.69, 9.17) is 4.74 Å². The second-order valence-electron chi connectivity index (χ2n) is 7.89. The third kappa shape index (κ3) is 5.59. The summed E-state index contributed by atoms with van der Waals surface area (Å²) in [5.74, 6) is 0.624. The van der Waals surface area contributed by atoms with E-state index in [1.54, 1.807) is 0 Å². The van der Waals surface area contributed by atoms with Gasteiger partial charge < -0.3 is 15.0 Å². The summed E-state index contributed by atoms with van der Waals surface area (Å²) < 4.78 is 6.98. The molecule has 29 heavy (non-hydrogen) atoms. The van der Waals surface area contributed by atoms with E-state index in [1.165, 1.54) is 5.69 Å². The maximum Gasteiger partial charge on any atom is 0.234 e. The van der Waals surface area contributed by atoms with Crippen LogP contribution in [-0.4, -0.2) is 56.7 Å². The van der Waals surface area contributed by atoms with Crippen LogP contribution < -0.4 is 10.2 Å². The molecule has 6 heteroatoms. The van der Waals surface area contributed by atoms with Gasteiger partial charge in [-0.05, 0) is 42.2 Å². The first kappa shape index (κ1) is 20.4. The fourth-order valence-corrected chi connectivity index (χ4v) is 4.38. The number of carbonyl (C=O) groups excluding carboxylic acids is 1. The topological polar surface area (TPSA) is 44.8 Å². The van der Waals surface area contributed by atoms with E-state index in [-0.39, 0.29) is 12.0 Å². The maximum atomic E-state index is 12.5. The normalized spacial score (nSPS) is 22.6. The second kappa shape index (κ2) is 9.74. The van der Waals surface area contributed by atoms with Gasteiger partial charge in [-0.1, -0.05) is 46.3 Å². The Morgan fingerprint density at radius 2 is 1.86 bits per heavy atom. The average molecular weight is 458 g/mol. The van der Waals surface area contributed by atoms with Crippen LogP contribution in [0, 0.1) is 5.92 Å². The summed E-state index contributed by atoms with van der Waals surface area (Å²) in [4.78, 5) is 17.1. The number of morpholine rings is 1. The number of carbonyl (C=O) groups is 1. The smallest absolute Gasteiger partial charge is 0.234 e. The van der Waals surface area contributed by atoms with Crippen LogP contribution in [0.1, 0.15) is 18.1 Å². The lowest BCUT2D eigenvalue weighted by atomic mass is 10.1. The molecule has 5 nitrogen and oxygen atoms in total. The van der Waals surface area contributed by atoms with E-state index in [0.717, 1.165) is 49.2 Å². The summed E-state index contributed by atoms with van der Waals surface area (Å²) in [5, 5.41) is 3.15. The van der Waals surface area contributed by atoms with E-state index in [2.05, 4.69) is 67.4 Å². The Bertz CT molecular complexity index is 800. The molecule has 2 unspecified atom stereocenters. The molecule has 0 saturated carbocycles. The van der Waals surface area contributed by atoms with Crippen molar-refractivity contribution in [3.63, 3.8) is 0 Å². The molecule has 2 aromatic carbocycles. The van der Waals surface area contributed by atoms with Gasteiger partial charge in [-0.2, -0.15) is 0 Å². The lowest BCUT2D eigenvalue weighted by molar-refractivity contribution is -0.124. The van der Waals surface area contributed by atoms with Crippen LogP contribution in [0.5, 0.6) is 0 Å². The number of hydrogen-bond donors (Lipinski definition) is 1. The molecular weight excluding hydrogens is 430 g/mol. The van der Waals surface area contributed by atoms with Crippen molar-refractivity contribution in [2.45, 2.75) is 12.5 Å². The van der Waals surface area contributed by atoms with Crippen molar-refractivity contribution in [2.24, 2.45) is 5.92 Å². The lowest BCUT2D eigenvalue weighted by Gasteiger charge is -2.32. The number of nitrogens with zero attached hydrogens (tertiary/aromatic N) is 2. The highest BCUT2D eigenvalue weighted by atomic mass is 79.9. The molecule has 2 aliphatic rings. The van der Waals surface area contributed by atoms with Crippen LogP contribution >= 0.6 is 15.9 Å². The minimum Gasteiger partial charge on any atom is -0.371 e. The summed E-state index contributed by atoms with van der Waals surface area (Å²) in [5.41, 5.74) is 2.43. The van der Waals surface area contributed by atoms with Gasteiger partial charge >= 0.3 is 0 Å². The highest BCUT2D eigenvalue weighted by Gasteiger charge is 2.25. The van der Waals surface area contributed by atoms with Crippen molar-refractivity contribution in [1.82, 2.24) is 10.2 Å². The minimum absolute atomic E-state index is 0.0268. The Balaban J connectivity index is 1.21. The number of anilines is 1. The highest BCUT2D eigenvalue weighted by molar-refractivity contribution is 9.10. The summed E-state index contributed by atoms with van der Waals surface area (Å²) in [6, 6.07) is 18.7. The molecule has 2 fully saturated rings. The molecule has 4 rings (SSSR count). The number of para-hydroxylation sites is 1. The van der Waals surface area contributed by atoms with Gasteiger partial charge in [0.05, 0.1) is 19.3 Å². The van der Waals surface area contributed by atoms with Gasteiger partial charge in [0.2, 0.25) is 5.91 Å².